The molecule has 2 aliphatic rings. The molecular weight excluding hydrogens is 290 g/mol. The average Bonchev–Trinajstić information content (AvgIpc) is 3.23. The van der Waals surface area contributed by atoms with Gasteiger partial charge in [-0.2, -0.15) is 0 Å². The Morgan fingerprint density at radius 2 is 2.13 bits per heavy atom. The van der Waals surface area contributed by atoms with E-state index in [0.29, 0.717) is 18.6 Å². The van der Waals surface area contributed by atoms with Crippen LogP contribution < -0.4 is 10.6 Å². The van der Waals surface area contributed by atoms with Crippen molar-refractivity contribution in [3.8, 4) is 0 Å². The first-order valence-corrected chi connectivity index (χ1v) is 8.74. The summed E-state index contributed by atoms with van der Waals surface area (Å²) in [6.45, 7) is 8.92. The zero-order valence-electron chi connectivity index (χ0n) is 14.7. The monoisotopic (exact) mass is 319 g/mol. The first-order chi connectivity index (χ1) is 11.1. The first kappa shape index (κ1) is 16.2. The summed E-state index contributed by atoms with van der Waals surface area (Å²) in [5.41, 5.74) is 0. The molecule has 2 heterocycles. The molecule has 2 fully saturated rings. The average molecular weight is 319 g/mol. The molecule has 2 unspecified atom stereocenters. The lowest BCUT2D eigenvalue weighted by Crippen LogP contribution is -2.44. The first-order valence-electron chi connectivity index (χ1n) is 8.74. The molecule has 0 radical (unpaired) electrons. The van der Waals surface area contributed by atoms with Crippen molar-refractivity contribution >= 4 is 5.96 Å². The minimum Gasteiger partial charge on any atom is -0.357 e. The third-order valence-corrected chi connectivity index (χ3v) is 4.89. The summed E-state index contributed by atoms with van der Waals surface area (Å²) in [4.78, 5) is 7.33. The third-order valence-electron chi connectivity index (χ3n) is 4.89. The SMILES string of the molecule is CCNC(=NCc1nnc(C)n1C)NC1CC(C)N(C2CC2)C1. The molecule has 0 bridgehead atoms. The molecule has 1 saturated heterocycles. The van der Waals surface area contributed by atoms with Crippen LogP contribution in [0.3, 0.4) is 0 Å². The highest BCUT2D eigenvalue weighted by Crippen LogP contribution is 2.33. The second-order valence-corrected chi connectivity index (χ2v) is 6.77. The summed E-state index contributed by atoms with van der Waals surface area (Å²) in [6.07, 6.45) is 3.93. The molecule has 3 rings (SSSR count). The Hall–Kier alpha value is -1.63. The van der Waals surface area contributed by atoms with Crippen LogP contribution in [0.2, 0.25) is 0 Å². The summed E-state index contributed by atoms with van der Waals surface area (Å²) < 4.78 is 1.99. The summed E-state index contributed by atoms with van der Waals surface area (Å²) >= 11 is 0. The van der Waals surface area contributed by atoms with Crippen molar-refractivity contribution in [1.82, 2.24) is 30.3 Å². The lowest BCUT2D eigenvalue weighted by atomic mass is 10.2. The highest BCUT2D eigenvalue weighted by atomic mass is 15.3. The van der Waals surface area contributed by atoms with Gasteiger partial charge in [0.15, 0.2) is 11.8 Å². The van der Waals surface area contributed by atoms with E-state index in [0.717, 1.165) is 36.7 Å². The van der Waals surface area contributed by atoms with Gasteiger partial charge in [0.1, 0.15) is 12.4 Å². The van der Waals surface area contributed by atoms with Crippen molar-refractivity contribution in [1.29, 1.82) is 0 Å². The number of aliphatic imine (C=N–C) groups is 1. The number of aryl methyl sites for hydroxylation is 1. The highest BCUT2D eigenvalue weighted by molar-refractivity contribution is 5.80. The summed E-state index contributed by atoms with van der Waals surface area (Å²) in [5, 5.41) is 15.2. The van der Waals surface area contributed by atoms with Crippen LogP contribution in [0.4, 0.5) is 0 Å². The van der Waals surface area contributed by atoms with E-state index in [1.165, 1.54) is 19.3 Å². The molecule has 0 amide bonds. The standard InChI is InChI=1S/C16H29N7/c1-5-17-16(18-9-15-21-20-12(3)22(15)4)19-13-8-11(2)23(10-13)14-6-7-14/h11,13-14H,5-10H2,1-4H3,(H2,17,18,19). The van der Waals surface area contributed by atoms with Crippen molar-refractivity contribution in [2.45, 2.75) is 64.7 Å². The maximum Gasteiger partial charge on any atom is 0.191 e. The Morgan fingerprint density at radius 1 is 1.35 bits per heavy atom. The second-order valence-electron chi connectivity index (χ2n) is 6.77. The maximum atomic E-state index is 4.68. The number of rotatable bonds is 5. The van der Waals surface area contributed by atoms with Gasteiger partial charge in [-0.25, -0.2) is 4.99 Å². The van der Waals surface area contributed by atoms with E-state index in [1.807, 2.05) is 18.5 Å². The van der Waals surface area contributed by atoms with Gasteiger partial charge >= 0.3 is 0 Å². The minimum atomic E-state index is 0.477. The van der Waals surface area contributed by atoms with Crippen LogP contribution in [0.5, 0.6) is 0 Å². The number of hydrogen-bond donors (Lipinski definition) is 2. The van der Waals surface area contributed by atoms with E-state index in [2.05, 4.69) is 44.6 Å². The molecule has 1 aromatic rings. The Kier molecular flexibility index (Phi) is 4.84. The van der Waals surface area contributed by atoms with Gasteiger partial charge in [-0.15, -0.1) is 10.2 Å². The third kappa shape index (κ3) is 3.83. The van der Waals surface area contributed by atoms with E-state index in [1.54, 1.807) is 0 Å². The van der Waals surface area contributed by atoms with Crippen LogP contribution in [0, 0.1) is 6.92 Å². The molecule has 128 valence electrons. The number of likely N-dealkylation sites (tertiary alicyclic amines) is 1. The maximum absolute atomic E-state index is 4.68. The Morgan fingerprint density at radius 3 is 2.74 bits per heavy atom. The van der Waals surface area contributed by atoms with E-state index in [-0.39, 0.29) is 0 Å². The van der Waals surface area contributed by atoms with Gasteiger partial charge in [-0.3, -0.25) is 4.90 Å². The molecule has 1 aliphatic carbocycles. The number of guanidine groups is 1. The lowest BCUT2D eigenvalue weighted by Gasteiger charge is -2.20. The predicted octanol–water partition coefficient (Wildman–Crippen LogP) is 0.804. The second kappa shape index (κ2) is 6.86. The van der Waals surface area contributed by atoms with E-state index in [9.17, 15) is 0 Å². The van der Waals surface area contributed by atoms with Crippen LogP contribution in [0.25, 0.3) is 0 Å². The summed E-state index contributed by atoms with van der Waals surface area (Å²) in [7, 11) is 1.98. The van der Waals surface area contributed by atoms with E-state index < -0.39 is 0 Å². The Balaban J connectivity index is 1.60. The number of hydrogen-bond acceptors (Lipinski definition) is 4. The fourth-order valence-electron chi connectivity index (χ4n) is 3.33. The van der Waals surface area contributed by atoms with Crippen LogP contribution in [-0.4, -0.2) is 56.8 Å². The molecule has 7 nitrogen and oxygen atoms in total. The topological polar surface area (TPSA) is 70.4 Å². The van der Waals surface area contributed by atoms with Crippen molar-refractivity contribution in [2.75, 3.05) is 13.1 Å². The summed E-state index contributed by atoms with van der Waals surface area (Å²) in [5.74, 6) is 2.68. The van der Waals surface area contributed by atoms with Gasteiger partial charge in [0.2, 0.25) is 0 Å². The zero-order valence-corrected chi connectivity index (χ0v) is 14.7. The Labute approximate surface area is 138 Å². The predicted molar refractivity (Wildman–Crippen MR) is 91.3 cm³/mol. The van der Waals surface area contributed by atoms with Crippen molar-refractivity contribution in [2.24, 2.45) is 12.0 Å². The molecule has 1 aliphatic heterocycles. The lowest BCUT2D eigenvalue weighted by molar-refractivity contribution is 0.256. The molecule has 0 aromatic carbocycles. The summed E-state index contributed by atoms with van der Waals surface area (Å²) in [6, 6.07) is 1.98. The van der Waals surface area contributed by atoms with Gasteiger partial charge in [0.25, 0.3) is 0 Å². The van der Waals surface area contributed by atoms with Crippen LogP contribution in [-0.2, 0) is 13.6 Å². The zero-order chi connectivity index (χ0) is 16.4. The number of aromatic nitrogens is 3. The smallest absolute Gasteiger partial charge is 0.191 e. The quantitative estimate of drug-likeness (QED) is 0.621. The Bertz CT molecular complexity index is 561. The van der Waals surface area contributed by atoms with Crippen LogP contribution >= 0.6 is 0 Å². The van der Waals surface area contributed by atoms with Gasteiger partial charge in [0, 0.05) is 38.3 Å². The fourth-order valence-corrected chi connectivity index (χ4v) is 3.33. The van der Waals surface area contributed by atoms with Crippen LogP contribution in [0.15, 0.2) is 4.99 Å². The van der Waals surface area contributed by atoms with Gasteiger partial charge in [-0.1, -0.05) is 0 Å². The van der Waals surface area contributed by atoms with Crippen LogP contribution in [0.1, 0.15) is 44.8 Å². The van der Waals surface area contributed by atoms with Gasteiger partial charge in [0.05, 0.1) is 0 Å². The van der Waals surface area contributed by atoms with E-state index >= 15 is 0 Å². The fraction of sp³-hybridized carbons (Fsp3) is 0.812. The molecule has 2 N–H and O–H groups in total. The normalized spacial score (nSPS) is 25.8. The minimum absolute atomic E-state index is 0.477. The molecule has 23 heavy (non-hydrogen) atoms. The molecule has 7 heteroatoms. The van der Waals surface area contributed by atoms with E-state index in [4.69, 9.17) is 0 Å². The highest BCUT2D eigenvalue weighted by Gasteiger charge is 2.38. The van der Waals surface area contributed by atoms with Crippen molar-refractivity contribution in [3.63, 3.8) is 0 Å². The molecule has 0 spiro atoms. The molecule has 1 aromatic heterocycles. The number of nitrogens with zero attached hydrogens (tertiary/aromatic N) is 5. The molecule has 1 saturated carbocycles. The van der Waals surface area contributed by atoms with Gasteiger partial charge in [-0.05, 0) is 40.0 Å². The van der Waals surface area contributed by atoms with Crippen molar-refractivity contribution in [3.05, 3.63) is 11.6 Å². The molecule has 2 atom stereocenters. The largest absolute Gasteiger partial charge is 0.357 e. The number of nitrogens with one attached hydrogen (secondary N) is 2. The molecular formula is C16H29N7. The van der Waals surface area contributed by atoms with Gasteiger partial charge < -0.3 is 15.2 Å². The van der Waals surface area contributed by atoms with Crippen molar-refractivity contribution < 1.29 is 0 Å².